The van der Waals surface area contributed by atoms with Gasteiger partial charge < -0.3 is 29.1 Å². The van der Waals surface area contributed by atoms with Crippen molar-refractivity contribution in [1.29, 1.82) is 0 Å². The molecule has 404 valence electrons. The molecule has 0 aromatic heterocycles. The third-order valence-corrected chi connectivity index (χ3v) is 13.7. The Hall–Kier alpha value is -1.71. The molecule has 0 atom stereocenters. The van der Waals surface area contributed by atoms with E-state index >= 15 is 0 Å². The SMILES string of the molecule is CCCCCCCCCCCCCOC(=O)CCCCN(CCO)CCCN(CCCCC(=O)OCCCCCCCCCCCCC)CCCCC(=O)OCCCCCCCCCCCCC. The molecule has 0 saturated heterocycles. The van der Waals surface area contributed by atoms with Crippen LogP contribution in [0.15, 0.2) is 0 Å². The van der Waals surface area contributed by atoms with Crippen molar-refractivity contribution in [3.05, 3.63) is 0 Å². The molecule has 0 aromatic rings. The zero-order valence-corrected chi connectivity index (χ0v) is 45.8. The molecule has 1 N–H and O–H groups in total. The predicted molar refractivity (Wildman–Crippen MR) is 288 cm³/mol. The van der Waals surface area contributed by atoms with Crippen molar-refractivity contribution in [2.75, 3.05) is 65.7 Å². The number of unbranched alkanes of at least 4 members (excludes halogenated alkanes) is 33. The van der Waals surface area contributed by atoms with Crippen molar-refractivity contribution in [1.82, 2.24) is 9.80 Å². The van der Waals surface area contributed by atoms with Crippen LogP contribution in [0.3, 0.4) is 0 Å². The Bertz CT molecular complexity index is 997. The number of carbonyl (C=O) groups is 3. The monoisotopic (exact) mass is 965 g/mol. The molecule has 0 radical (unpaired) electrons. The third-order valence-electron chi connectivity index (χ3n) is 13.7. The first-order valence-corrected chi connectivity index (χ1v) is 30.0. The van der Waals surface area contributed by atoms with Crippen LogP contribution in [0, 0.1) is 0 Å². The van der Waals surface area contributed by atoms with Crippen molar-refractivity contribution in [2.45, 2.75) is 297 Å². The summed E-state index contributed by atoms with van der Waals surface area (Å²) in [6.07, 6.45) is 49.9. The molecule has 0 amide bonds. The molecule has 0 aliphatic rings. The van der Waals surface area contributed by atoms with Crippen LogP contribution >= 0.6 is 0 Å². The van der Waals surface area contributed by atoms with Crippen LogP contribution in [0.25, 0.3) is 0 Å². The summed E-state index contributed by atoms with van der Waals surface area (Å²) in [6, 6.07) is 0. The first-order valence-electron chi connectivity index (χ1n) is 30.0. The molecular formula is C59H116N2O7. The Morgan fingerprint density at radius 1 is 0.279 bits per heavy atom. The molecule has 0 heterocycles. The maximum Gasteiger partial charge on any atom is 0.305 e. The molecule has 0 spiro atoms. The lowest BCUT2D eigenvalue weighted by Crippen LogP contribution is -2.33. The van der Waals surface area contributed by atoms with Gasteiger partial charge in [-0.15, -0.1) is 0 Å². The van der Waals surface area contributed by atoms with Gasteiger partial charge in [-0.2, -0.15) is 0 Å². The van der Waals surface area contributed by atoms with Crippen LogP contribution in [0.4, 0.5) is 0 Å². The standard InChI is InChI=1S/C59H116N2O7/c1-4-7-10-13-16-19-22-25-28-31-40-54-66-57(63)44-34-37-47-60(48-38-35-45-58(64)67-55-41-32-29-26-23-20-17-14-11-8-5-2)50-43-51-61(52-53-62)49-39-36-46-59(65)68-56-42-33-30-27-24-21-18-15-12-9-6-3/h62H,4-56H2,1-3H3. The number of aliphatic hydroxyl groups excluding tert-OH is 1. The topological polar surface area (TPSA) is 106 Å². The van der Waals surface area contributed by atoms with Crippen molar-refractivity contribution in [3.63, 3.8) is 0 Å². The number of hydrogen-bond acceptors (Lipinski definition) is 9. The molecule has 0 saturated carbocycles. The fourth-order valence-electron chi connectivity index (χ4n) is 9.22. The van der Waals surface area contributed by atoms with E-state index in [9.17, 15) is 19.5 Å². The van der Waals surface area contributed by atoms with Gasteiger partial charge >= 0.3 is 17.9 Å². The van der Waals surface area contributed by atoms with Crippen LogP contribution in [-0.2, 0) is 28.6 Å². The zero-order valence-electron chi connectivity index (χ0n) is 45.8. The summed E-state index contributed by atoms with van der Waals surface area (Å²) in [7, 11) is 0. The highest BCUT2D eigenvalue weighted by atomic mass is 16.5. The summed E-state index contributed by atoms with van der Waals surface area (Å²) >= 11 is 0. The van der Waals surface area contributed by atoms with Crippen LogP contribution in [0.2, 0.25) is 0 Å². The number of hydrogen-bond donors (Lipinski definition) is 1. The van der Waals surface area contributed by atoms with E-state index in [0.717, 1.165) is 116 Å². The van der Waals surface area contributed by atoms with Gasteiger partial charge in [0.15, 0.2) is 0 Å². The molecule has 0 unspecified atom stereocenters. The average molecular weight is 966 g/mol. The number of aliphatic hydroxyl groups is 1. The molecule has 68 heavy (non-hydrogen) atoms. The van der Waals surface area contributed by atoms with Gasteiger partial charge in [0.05, 0.1) is 26.4 Å². The summed E-state index contributed by atoms with van der Waals surface area (Å²) in [5.74, 6) is -0.239. The predicted octanol–water partition coefficient (Wildman–Crippen LogP) is 16.0. The lowest BCUT2D eigenvalue weighted by atomic mass is 10.1. The first-order chi connectivity index (χ1) is 33.5. The fraction of sp³-hybridized carbons (Fsp3) is 0.949. The van der Waals surface area contributed by atoms with E-state index in [1.807, 2.05) is 0 Å². The molecule has 9 heteroatoms. The summed E-state index contributed by atoms with van der Waals surface area (Å²) < 4.78 is 16.7. The van der Waals surface area contributed by atoms with Gasteiger partial charge in [-0.1, -0.05) is 213 Å². The van der Waals surface area contributed by atoms with Gasteiger partial charge in [0.25, 0.3) is 0 Å². The second kappa shape index (κ2) is 56.2. The number of carbonyl (C=O) groups excluding carboxylic acids is 3. The van der Waals surface area contributed by atoms with Crippen LogP contribution in [0.1, 0.15) is 297 Å². The van der Waals surface area contributed by atoms with E-state index in [2.05, 4.69) is 30.6 Å². The van der Waals surface area contributed by atoms with E-state index in [1.165, 1.54) is 173 Å². The minimum atomic E-state index is -0.0864. The second-order valence-electron chi connectivity index (χ2n) is 20.4. The van der Waals surface area contributed by atoms with Gasteiger partial charge in [0.1, 0.15) is 0 Å². The zero-order chi connectivity index (χ0) is 49.5. The van der Waals surface area contributed by atoms with Gasteiger partial charge in [0.2, 0.25) is 0 Å². The lowest BCUT2D eigenvalue weighted by molar-refractivity contribution is -0.144. The van der Waals surface area contributed by atoms with E-state index in [0.29, 0.717) is 45.6 Å². The van der Waals surface area contributed by atoms with Gasteiger partial charge in [-0.05, 0) is 96.9 Å². The average Bonchev–Trinajstić information content (AvgIpc) is 3.33. The minimum Gasteiger partial charge on any atom is -0.466 e. The maximum atomic E-state index is 12.5. The second-order valence-corrected chi connectivity index (χ2v) is 20.4. The normalized spacial score (nSPS) is 11.6. The summed E-state index contributed by atoms with van der Waals surface area (Å²) in [5.41, 5.74) is 0. The highest BCUT2D eigenvalue weighted by Crippen LogP contribution is 2.15. The molecule has 0 bridgehead atoms. The lowest BCUT2D eigenvalue weighted by Gasteiger charge is -2.25. The quantitative estimate of drug-likeness (QED) is 0.0362. The number of ether oxygens (including phenoxy) is 3. The Morgan fingerprint density at radius 2 is 0.500 bits per heavy atom. The highest BCUT2D eigenvalue weighted by molar-refractivity contribution is 5.69. The molecule has 9 nitrogen and oxygen atoms in total. The molecule has 0 fully saturated rings. The third kappa shape index (κ3) is 52.1. The summed E-state index contributed by atoms with van der Waals surface area (Å²) in [5, 5.41) is 9.80. The van der Waals surface area contributed by atoms with Crippen LogP contribution < -0.4 is 0 Å². The van der Waals surface area contributed by atoms with E-state index in [-0.39, 0.29) is 24.5 Å². The molecule has 0 aromatic carbocycles. The first kappa shape index (κ1) is 66.3. The van der Waals surface area contributed by atoms with Crippen molar-refractivity contribution < 1.29 is 33.7 Å². The Kier molecular flexibility index (Phi) is 54.8. The summed E-state index contributed by atoms with van der Waals surface area (Å²) in [6.45, 7) is 13.7. The van der Waals surface area contributed by atoms with Crippen molar-refractivity contribution in [3.8, 4) is 0 Å². The van der Waals surface area contributed by atoms with Crippen LogP contribution in [-0.4, -0.2) is 98.5 Å². The van der Waals surface area contributed by atoms with Crippen LogP contribution in [0.5, 0.6) is 0 Å². The minimum absolute atomic E-state index is 0.0763. The smallest absolute Gasteiger partial charge is 0.305 e. The summed E-state index contributed by atoms with van der Waals surface area (Å²) in [4.78, 5) is 42.2. The van der Waals surface area contributed by atoms with Crippen molar-refractivity contribution in [2.24, 2.45) is 0 Å². The molecular weight excluding hydrogens is 849 g/mol. The van der Waals surface area contributed by atoms with E-state index in [4.69, 9.17) is 14.2 Å². The molecule has 0 aliphatic carbocycles. The number of esters is 3. The molecule has 0 rings (SSSR count). The number of nitrogens with zero attached hydrogens (tertiary/aromatic N) is 2. The van der Waals surface area contributed by atoms with Gasteiger partial charge in [-0.25, -0.2) is 0 Å². The van der Waals surface area contributed by atoms with Gasteiger partial charge in [0, 0.05) is 25.8 Å². The Labute approximate surface area is 422 Å². The maximum absolute atomic E-state index is 12.5. The fourth-order valence-corrected chi connectivity index (χ4v) is 9.22. The highest BCUT2D eigenvalue weighted by Gasteiger charge is 2.12. The largest absolute Gasteiger partial charge is 0.466 e. The molecule has 0 aliphatic heterocycles. The Balaban J connectivity index is 4.49. The number of rotatable bonds is 57. The Morgan fingerprint density at radius 3 is 0.750 bits per heavy atom. The van der Waals surface area contributed by atoms with Crippen molar-refractivity contribution >= 4 is 17.9 Å². The van der Waals surface area contributed by atoms with E-state index in [1.54, 1.807) is 0 Å². The van der Waals surface area contributed by atoms with E-state index < -0.39 is 0 Å². The van der Waals surface area contributed by atoms with Gasteiger partial charge in [-0.3, -0.25) is 14.4 Å².